The van der Waals surface area contributed by atoms with Gasteiger partial charge in [-0.1, -0.05) is 32.9 Å². The van der Waals surface area contributed by atoms with Crippen molar-refractivity contribution >= 4 is 0 Å². The van der Waals surface area contributed by atoms with Crippen LogP contribution in [0.2, 0.25) is 0 Å². The standard InChI is InChI=1S/C14H21NO/c1-4-9(3)10-6-7-13-11(8-10)14(15)12(5-2)16-13/h6-9,12,14H,4-5,15H2,1-3H3. The van der Waals surface area contributed by atoms with E-state index in [1.165, 1.54) is 11.1 Å². The molecule has 0 aromatic heterocycles. The Morgan fingerprint density at radius 2 is 2.12 bits per heavy atom. The normalized spacial score (nSPS) is 25.0. The fourth-order valence-electron chi connectivity index (χ4n) is 2.25. The summed E-state index contributed by atoms with van der Waals surface area (Å²) >= 11 is 0. The summed E-state index contributed by atoms with van der Waals surface area (Å²) in [5.41, 5.74) is 8.74. The molecule has 0 bridgehead atoms. The number of nitrogens with two attached hydrogens (primary N) is 1. The minimum absolute atomic E-state index is 0.0454. The highest BCUT2D eigenvalue weighted by Crippen LogP contribution is 2.38. The highest BCUT2D eigenvalue weighted by Gasteiger charge is 2.30. The van der Waals surface area contributed by atoms with Crippen molar-refractivity contribution in [2.24, 2.45) is 5.73 Å². The SMILES string of the molecule is CCC(C)c1ccc2c(c1)C(N)C(CC)O2. The van der Waals surface area contributed by atoms with E-state index >= 15 is 0 Å². The van der Waals surface area contributed by atoms with E-state index in [2.05, 4.69) is 39.0 Å². The van der Waals surface area contributed by atoms with Crippen molar-refractivity contribution in [2.75, 3.05) is 0 Å². The van der Waals surface area contributed by atoms with Gasteiger partial charge in [-0.25, -0.2) is 0 Å². The van der Waals surface area contributed by atoms with Crippen LogP contribution in [0.4, 0.5) is 0 Å². The molecule has 2 heteroatoms. The van der Waals surface area contributed by atoms with Crippen molar-refractivity contribution in [1.29, 1.82) is 0 Å². The van der Waals surface area contributed by atoms with Gasteiger partial charge in [0.25, 0.3) is 0 Å². The van der Waals surface area contributed by atoms with Gasteiger partial charge in [-0.3, -0.25) is 0 Å². The lowest BCUT2D eigenvalue weighted by Gasteiger charge is -2.12. The van der Waals surface area contributed by atoms with Crippen LogP contribution in [0, 0.1) is 0 Å². The molecule has 88 valence electrons. The first-order valence-electron chi connectivity index (χ1n) is 6.23. The zero-order valence-corrected chi connectivity index (χ0v) is 10.4. The Balaban J connectivity index is 2.31. The Hall–Kier alpha value is -1.02. The number of hydrogen-bond donors (Lipinski definition) is 1. The van der Waals surface area contributed by atoms with Crippen LogP contribution < -0.4 is 10.5 Å². The third-order valence-corrected chi connectivity index (χ3v) is 3.66. The third kappa shape index (κ3) is 1.82. The summed E-state index contributed by atoms with van der Waals surface area (Å²) in [6.07, 6.45) is 2.28. The van der Waals surface area contributed by atoms with Crippen LogP contribution in [-0.2, 0) is 0 Å². The molecular formula is C14H21NO. The molecule has 3 unspecified atom stereocenters. The van der Waals surface area contributed by atoms with Gasteiger partial charge in [-0.15, -0.1) is 0 Å². The molecule has 0 radical (unpaired) electrons. The molecular weight excluding hydrogens is 198 g/mol. The molecule has 0 saturated carbocycles. The minimum atomic E-state index is 0.0454. The highest BCUT2D eigenvalue weighted by atomic mass is 16.5. The first-order valence-corrected chi connectivity index (χ1v) is 6.23. The maximum absolute atomic E-state index is 6.19. The predicted octanol–water partition coefficient (Wildman–Crippen LogP) is 3.37. The van der Waals surface area contributed by atoms with Crippen molar-refractivity contribution in [2.45, 2.75) is 51.7 Å². The molecule has 1 heterocycles. The first kappa shape index (κ1) is 11.5. The van der Waals surface area contributed by atoms with Crippen molar-refractivity contribution in [3.8, 4) is 5.75 Å². The van der Waals surface area contributed by atoms with Crippen LogP contribution >= 0.6 is 0 Å². The van der Waals surface area contributed by atoms with Crippen LogP contribution in [0.1, 0.15) is 56.7 Å². The van der Waals surface area contributed by atoms with Crippen molar-refractivity contribution in [3.05, 3.63) is 29.3 Å². The van der Waals surface area contributed by atoms with Crippen molar-refractivity contribution in [1.82, 2.24) is 0 Å². The molecule has 1 aliphatic rings. The molecule has 2 rings (SSSR count). The summed E-state index contributed by atoms with van der Waals surface area (Å²) in [7, 11) is 0. The van der Waals surface area contributed by atoms with E-state index in [1.807, 2.05) is 0 Å². The van der Waals surface area contributed by atoms with Gasteiger partial charge in [0.15, 0.2) is 0 Å². The lowest BCUT2D eigenvalue weighted by atomic mass is 9.94. The molecule has 1 aliphatic heterocycles. The largest absolute Gasteiger partial charge is 0.488 e. The van der Waals surface area contributed by atoms with E-state index in [1.54, 1.807) is 0 Å². The van der Waals surface area contributed by atoms with Gasteiger partial charge in [0, 0.05) is 5.56 Å². The second-order valence-electron chi connectivity index (χ2n) is 4.70. The van der Waals surface area contributed by atoms with Gasteiger partial charge >= 0.3 is 0 Å². The van der Waals surface area contributed by atoms with E-state index in [-0.39, 0.29) is 12.1 Å². The summed E-state index contributed by atoms with van der Waals surface area (Å²) in [5.74, 6) is 1.57. The Morgan fingerprint density at radius 3 is 2.75 bits per heavy atom. The third-order valence-electron chi connectivity index (χ3n) is 3.66. The monoisotopic (exact) mass is 219 g/mol. The zero-order valence-electron chi connectivity index (χ0n) is 10.4. The van der Waals surface area contributed by atoms with Crippen LogP contribution in [-0.4, -0.2) is 6.10 Å². The molecule has 2 N–H and O–H groups in total. The zero-order chi connectivity index (χ0) is 11.7. The van der Waals surface area contributed by atoms with E-state index in [0.29, 0.717) is 5.92 Å². The van der Waals surface area contributed by atoms with E-state index in [9.17, 15) is 0 Å². The lowest BCUT2D eigenvalue weighted by Crippen LogP contribution is -2.24. The Morgan fingerprint density at radius 1 is 1.38 bits per heavy atom. The van der Waals surface area contributed by atoms with Gasteiger partial charge < -0.3 is 10.5 Å². The second kappa shape index (κ2) is 4.46. The van der Waals surface area contributed by atoms with Crippen LogP contribution in [0.5, 0.6) is 5.75 Å². The van der Waals surface area contributed by atoms with Gasteiger partial charge in [0.1, 0.15) is 11.9 Å². The van der Waals surface area contributed by atoms with Crippen molar-refractivity contribution < 1.29 is 4.74 Å². The lowest BCUT2D eigenvalue weighted by molar-refractivity contribution is 0.202. The second-order valence-corrected chi connectivity index (χ2v) is 4.70. The van der Waals surface area contributed by atoms with Crippen LogP contribution in [0.25, 0.3) is 0 Å². The molecule has 2 nitrogen and oxygen atoms in total. The fraction of sp³-hybridized carbons (Fsp3) is 0.571. The smallest absolute Gasteiger partial charge is 0.124 e. The Bertz CT molecular complexity index is 375. The summed E-state index contributed by atoms with van der Waals surface area (Å²) in [4.78, 5) is 0. The Labute approximate surface area is 97.8 Å². The van der Waals surface area contributed by atoms with Gasteiger partial charge in [0.05, 0.1) is 6.04 Å². The number of hydrogen-bond acceptors (Lipinski definition) is 2. The van der Waals surface area contributed by atoms with Gasteiger partial charge in [-0.05, 0) is 30.4 Å². The Kier molecular flexibility index (Phi) is 3.20. The van der Waals surface area contributed by atoms with Crippen LogP contribution in [0.3, 0.4) is 0 Å². The molecule has 3 atom stereocenters. The average Bonchev–Trinajstić information content (AvgIpc) is 2.64. The molecule has 0 fully saturated rings. The van der Waals surface area contributed by atoms with Crippen LogP contribution in [0.15, 0.2) is 18.2 Å². The quantitative estimate of drug-likeness (QED) is 0.846. The topological polar surface area (TPSA) is 35.2 Å². The highest BCUT2D eigenvalue weighted by molar-refractivity contribution is 5.44. The fourth-order valence-corrected chi connectivity index (χ4v) is 2.25. The number of rotatable bonds is 3. The number of ether oxygens (including phenoxy) is 1. The summed E-state index contributed by atoms with van der Waals surface area (Å²) in [6.45, 7) is 6.58. The predicted molar refractivity (Wildman–Crippen MR) is 66.8 cm³/mol. The van der Waals surface area contributed by atoms with E-state index < -0.39 is 0 Å². The van der Waals surface area contributed by atoms with E-state index in [0.717, 1.165) is 18.6 Å². The van der Waals surface area contributed by atoms with Gasteiger partial charge in [-0.2, -0.15) is 0 Å². The maximum Gasteiger partial charge on any atom is 0.124 e. The molecule has 1 aromatic carbocycles. The molecule has 0 spiro atoms. The molecule has 16 heavy (non-hydrogen) atoms. The molecule has 0 aliphatic carbocycles. The van der Waals surface area contributed by atoms with E-state index in [4.69, 9.17) is 10.5 Å². The number of fused-ring (bicyclic) bond motifs is 1. The molecule has 1 aromatic rings. The maximum atomic E-state index is 6.19. The summed E-state index contributed by atoms with van der Waals surface area (Å²) < 4.78 is 5.81. The summed E-state index contributed by atoms with van der Waals surface area (Å²) in [5, 5.41) is 0. The molecule has 0 saturated heterocycles. The minimum Gasteiger partial charge on any atom is -0.488 e. The number of benzene rings is 1. The summed E-state index contributed by atoms with van der Waals surface area (Å²) in [6, 6.07) is 6.51. The first-order chi connectivity index (χ1) is 7.67. The average molecular weight is 219 g/mol. The van der Waals surface area contributed by atoms with Gasteiger partial charge in [0.2, 0.25) is 0 Å². The van der Waals surface area contributed by atoms with Crippen molar-refractivity contribution in [3.63, 3.8) is 0 Å². The molecule has 0 amide bonds.